The van der Waals surface area contributed by atoms with Gasteiger partial charge in [0.25, 0.3) is 0 Å². The molecular formula is C21H29N3O3. The van der Waals surface area contributed by atoms with Crippen molar-refractivity contribution in [1.29, 1.82) is 0 Å². The Morgan fingerprint density at radius 1 is 1.19 bits per heavy atom. The molecule has 0 saturated heterocycles. The first kappa shape index (κ1) is 20.8. The lowest BCUT2D eigenvalue weighted by atomic mass is 9.99. The van der Waals surface area contributed by atoms with Gasteiger partial charge >= 0.3 is 5.97 Å². The summed E-state index contributed by atoms with van der Waals surface area (Å²) in [4.78, 5) is 27.9. The highest BCUT2D eigenvalue weighted by Gasteiger charge is 2.26. The van der Waals surface area contributed by atoms with Gasteiger partial charge in [-0.15, -0.1) is 0 Å². The zero-order chi connectivity index (χ0) is 20.0. The first-order valence-electron chi connectivity index (χ1n) is 9.30. The molecule has 0 radical (unpaired) electrons. The van der Waals surface area contributed by atoms with Gasteiger partial charge in [-0.25, -0.2) is 4.98 Å². The van der Waals surface area contributed by atoms with Gasteiger partial charge in [0.05, 0.1) is 12.4 Å². The van der Waals surface area contributed by atoms with Gasteiger partial charge in [0.1, 0.15) is 11.8 Å². The third-order valence-corrected chi connectivity index (χ3v) is 4.58. The maximum Gasteiger partial charge on any atom is 0.321 e. The second-order valence-electron chi connectivity index (χ2n) is 7.55. The topological polar surface area (TPSA) is 84.2 Å². The van der Waals surface area contributed by atoms with Crippen LogP contribution in [0.3, 0.4) is 0 Å². The Labute approximate surface area is 160 Å². The van der Waals surface area contributed by atoms with Crippen LogP contribution in [0.5, 0.6) is 0 Å². The van der Waals surface area contributed by atoms with E-state index in [1.165, 1.54) is 12.5 Å². The lowest BCUT2D eigenvalue weighted by Gasteiger charge is -2.23. The van der Waals surface area contributed by atoms with Crippen molar-refractivity contribution in [3.05, 3.63) is 53.6 Å². The van der Waals surface area contributed by atoms with E-state index < -0.39 is 18.1 Å². The fraction of sp³-hybridized carbons (Fsp3) is 0.476. The Morgan fingerprint density at radius 2 is 1.85 bits per heavy atom. The molecule has 0 spiro atoms. The van der Waals surface area contributed by atoms with E-state index in [2.05, 4.69) is 34.6 Å². The van der Waals surface area contributed by atoms with Gasteiger partial charge in [0.15, 0.2) is 0 Å². The number of aromatic nitrogens is 2. The number of aliphatic carboxylic acids is 1. The SMILES string of the molecule is CC(=O)C(CC(C)C)NC(Cc1cncn1Cc1ccc(C)cc1)C(=O)O. The van der Waals surface area contributed by atoms with Crippen LogP contribution in [0.2, 0.25) is 0 Å². The van der Waals surface area contributed by atoms with Gasteiger partial charge in [-0.05, 0) is 31.7 Å². The number of carboxylic acids is 1. The van der Waals surface area contributed by atoms with Crippen LogP contribution >= 0.6 is 0 Å². The standard InChI is InChI=1S/C21H29N3O3/c1-14(2)9-19(16(4)25)23-20(21(26)27)10-18-11-22-13-24(18)12-17-7-5-15(3)6-8-17/h5-8,11,13-14,19-20,23H,9-10,12H2,1-4H3,(H,26,27). The highest BCUT2D eigenvalue weighted by molar-refractivity contribution is 5.82. The molecule has 2 rings (SSSR count). The quantitative estimate of drug-likeness (QED) is 0.671. The van der Waals surface area contributed by atoms with Gasteiger partial charge in [0.2, 0.25) is 0 Å². The number of Topliss-reactive ketones (excluding diaryl/α,β-unsaturated/α-hetero) is 1. The molecule has 0 amide bonds. The molecule has 1 heterocycles. The molecule has 6 heteroatoms. The fourth-order valence-electron chi connectivity index (χ4n) is 3.04. The third-order valence-electron chi connectivity index (χ3n) is 4.58. The molecule has 2 N–H and O–H groups in total. The molecule has 0 aliphatic heterocycles. The minimum atomic E-state index is -0.965. The van der Waals surface area contributed by atoms with Crippen molar-refractivity contribution in [2.45, 2.75) is 59.2 Å². The predicted octanol–water partition coefficient (Wildman–Crippen LogP) is 2.83. The van der Waals surface area contributed by atoms with Crippen molar-refractivity contribution < 1.29 is 14.7 Å². The van der Waals surface area contributed by atoms with Crippen LogP contribution in [0.15, 0.2) is 36.8 Å². The number of benzene rings is 1. The summed E-state index contributed by atoms with van der Waals surface area (Å²) in [5.41, 5.74) is 3.14. The minimum Gasteiger partial charge on any atom is -0.480 e. The van der Waals surface area contributed by atoms with Crippen LogP contribution in [0.25, 0.3) is 0 Å². The smallest absolute Gasteiger partial charge is 0.321 e. The maximum absolute atomic E-state index is 11.9. The zero-order valence-electron chi connectivity index (χ0n) is 16.5. The maximum atomic E-state index is 11.9. The molecule has 0 aliphatic carbocycles. The molecule has 1 aromatic carbocycles. The Bertz CT molecular complexity index is 765. The predicted molar refractivity (Wildman–Crippen MR) is 105 cm³/mol. The lowest BCUT2D eigenvalue weighted by Crippen LogP contribution is -2.48. The number of ketones is 1. The summed E-state index contributed by atoms with van der Waals surface area (Å²) >= 11 is 0. The number of hydrogen-bond donors (Lipinski definition) is 2. The van der Waals surface area contributed by atoms with Gasteiger partial charge in [-0.3, -0.25) is 14.9 Å². The van der Waals surface area contributed by atoms with E-state index in [4.69, 9.17) is 0 Å². The first-order valence-corrected chi connectivity index (χ1v) is 9.30. The van der Waals surface area contributed by atoms with E-state index in [1.54, 1.807) is 12.5 Å². The van der Waals surface area contributed by atoms with E-state index >= 15 is 0 Å². The number of nitrogens with zero attached hydrogens (tertiary/aromatic N) is 2. The summed E-state index contributed by atoms with van der Waals surface area (Å²) in [5.74, 6) is -0.705. The number of rotatable bonds is 10. The van der Waals surface area contributed by atoms with Crippen molar-refractivity contribution in [3.8, 4) is 0 Å². The number of carboxylic acid groups (broad SMARTS) is 1. The van der Waals surface area contributed by atoms with Crippen LogP contribution in [-0.2, 0) is 22.6 Å². The highest BCUT2D eigenvalue weighted by Crippen LogP contribution is 2.12. The molecule has 2 aromatic rings. The van der Waals surface area contributed by atoms with Crippen LogP contribution < -0.4 is 5.32 Å². The van der Waals surface area contributed by atoms with Crippen LogP contribution in [0.1, 0.15) is 44.0 Å². The fourth-order valence-corrected chi connectivity index (χ4v) is 3.04. The average molecular weight is 371 g/mol. The first-order chi connectivity index (χ1) is 12.8. The van der Waals surface area contributed by atoms with Crippen LogP contribution in [-0.4, -0.2) is 38.5 Å². The summed E-state index contributed by atoms with van der Waals surface area (Å²) < 4.78 is 1.95. The van der Waals surface area contributed by atoms with Crippen molar-refractivity contribution in [3.63, 3.8) is 0 Å². The summed E-state index contributed by atoms with van der Waals surface area (Å²) in [6, 6.07) is 6.92. The zero-order valence-corrected chi connectivity index (χ0v) is 16.5. The number of nitrogens with one attached hydrogen (secondary N) is 1. The molecular weight excluding hydrogens is 342 g/mol. The average Bonchev–Trinajstić information content (AvgIpc) is 3.01. The van der Waals surface area contributed by atoms with Crippen molar-refractivity contribution in [2.75, 3.05) is 0 Å². The van der Waals surface area contributed by atoms with E-state index in [0.29, 0.717) is 18.9 Å². The van der Waals surface area contributed by atoms with Gasteiger partial charge in [0, 0.05) is 24.9 Å². The van der Waals surface area contributed by atoms with Gasteiger partial charge < -0.3 is 9.67 Å². The Morgan fingerprint density at radius 3 is 2.41 bits per heavy atom. The second kappa shape index (κ2) is 9.46. The van der Waals surface area contributed by atoms with E-state index in [0.717, 1.165) is 11.3 Å². The molecule has 146 valence electrons. The lowest BCUT2D eigenvalue weighted by molar-refractivity contribution is -0.139. The Hall–Kier alpha value is -2.47. The molecule has 2 unspecified atom stereocenters. The van der Waals surface area contributed by atoms with Crippen LogP contribution in [0.4, 0.5) is 0 Å². The summed E-state index contributed by atoms with van der Waals surface area (Å²) in [6.45, 7) is 8.21. The summed E-state index contributed by atoms with van der Waals surface area (Å²) in [5, 5.41) is 12.7. The molecule has 0 aliphatic rings. The largest absolute Gasteiger partial charge is 0.480 e. The summed E-state index contributed by atoms with van der Waals surface area (Å²) in [6.07, 6.45) is 4.28. The van der Waals surface area contributed by atoms with Crippen molar-refractivity contribution in [2.24, 2.45) is 5.92 Å². The van der Waals surface area contributed by atoms with E-state index in [-0.39, 0.29) is 12.2 Å². The molecule has 27 heavy (non-hydrogen) atoms. The number of carbonyl (C=O) groups is 2. The Balaban J connectivity index is 2.12. The van der Waals surface area contributed by atoms with E-state index in [1.807, 2.05) is 25.3 Å². The molecule has 2 atom stereocenters. The molecule has 1 aromatic heterocycles. The Kier molecular flexibility index (Phi) is 7.30. The van der Waals surface area contributed by atoms with Crippen molar-refractivity contribution in [1.82, 2.24) is 14.9 Å². The molecule has 0 bridgehead atoms. The molecule has 0 fully saturated rings. The number of carbonyl (C=O) groups excluding carboxylic acids is 1. The molecule has 0 saturated carbocycles. The number of aryl methyl sites for hydroxylation is 1. The third kappa shape index (κ3) is 6.32. The van der Waals surface area contributed by atoms with E-state index in [9.17, 15) is 14.7 Å². The number of imidazole rings is 1. The summed E-state index contributed by atoms with van der Waals surface area (Å²) in [7, 11) is 0. The monoisotopic (exact) mass is 371 g/mol. The minimum absolute atomic E-state index is 0.0388. The van der Waals surface area contributed by atoms with Crippen molar-refractivity contribution >= 4 is 11.8 Å². The molecule has 6 nitrogen and oxygen atoms in total. The van der Waals surface area contributed by atoms with Gasteiger partial charge in [-0.1, -0.05) is 43.7 Å². The van der Waals surface area contributed by atoms with Gasteiger partial charge in [-0.2, -0.15) is 0 Å². The number of hydrogen-bond acceptors (Lipinski definition) is 4. The van der Waals surface area contributed by atoms with Crippen LogP contribution in [0, 0.1) is 12.8 Å². The highest BCUT2D eigenvalue weighted by atomic mass is 16.4. The normalized spacial score (nSPS) is 13.5. The second-order valence-corrected chi connectivity index (χ2v) is 7.55.